The lowest BCUT2D eigenvalue weighted by Crippen LogP contribution is -2.34. The van der Waals surface area contributed by atoms with Gasteiger partial charge in [0.25, 0.3) is 0 Å². The molecule has 84 valence electrons. The van der Waals surface area contributed by atoms with E-state index in [4.69, 9.17) is 14.9 Å². The highest BCUT2D eigenvalue weighted by atomic mass is 16.6. The molecule has 1 aliphatic rings. The van der Waals surface area contributed by atoms with Gasteiger partial charge in [-0.3, -0.25) is 0 Å². The van der Waals surface area contributed by atoms with Gasteiger partial charge in [0, 0.05) is 11.1 Å². The maximum absolute atomic E-state index is 10.9. The Morgan fingerprint density at radius 3 is 2.94 bits per heavy atom. The average molecular weight is 222 g/mol. The number of amides is 1. The second kappa shape index (κ2) is 4.30. The Balaban J connectivity index is 2.41. The van der Waals surface area contributed by atoms with Crippen molar-refractivity contribution in [1.29, 1.82) is 0 Å². The van der Waals surface area contributed by atoms with Crippen molar-refractivity contribution in [2.45, 2.75) is 6.23 Å². The van der Waals surface area contributed by atoms with Crippen LogP contribution in [-0.4, -0.2) is 34.3 Å². The zero-order valence-electron chi connectivity index (χ0n) is 8.28. The molecule has 1 heterocycles. The molecule has 2 rings (SSSR count). The number of aliphatic hydroxyl groups excluding tert-OH is 1. The quantitative estimate of drug-likeness (QED) is 0.730. The molecule has 2 N–H and O–H groups in total. The predicted octanol–water partition coefficient (Wildman–Crippen LogP) is 0.979. The van der Waals surface area contributed by atoms with E-state index in [2.05, 4.69) is 5.10 Å². The van der Waals surface area contributed by atoms with Crippen molar-refractivity contribution >= 4 is 12.3 Å². The summed E-state index contributed by atoms with van der Waals surface area (Å²) in [7, 11) is 0. The number of hydrogen-bond donors (Lipinski definition) is 2. The lowest BCUT2D eigenvalue weighted by atomic mass is 10.1. The molecule has 0 radical (unpaired) electrons. The summed E-state index contributed by atoms with van der Waals surface area (Å²) in [5.74, 6) is 0. The Morgan fingerprint density at radius 2 is 2.25 bits per heavy atom. The van der Waals surface area contributed by atoms with Crippen LogP contribution in [0.3, 0.4) is 0 Å². The minimum Gasteiger partial charge on any atom is -0.464 e. The van der Waals surface area contributed by atoms with Crippen LogP contribution in [0.25, 0.3) is 0 Å². The van der Waals surface area contributed by atoms with Crippen molar-refractivity contribution in [3.05, 3.63) is 35.4 Å². The zero-order chi connectivity index (χ0) is 11.5. The zero-order valence-corrected chi connectivity index (χ0v) is 8.28. The summed E-state index contributed by atoms with van der Waals surface area (Å²) in [6.45, 7) is -0.571. The predicted molar refractivity (Wildman–Crippen MR) is 54.8 cm³/mol. The highest BCUT2D eigenvalue weighted by Gasteiger charge is 2.29. The Bertz CT molecular complexity index is 433. The maximum atomic E-state index is 10.9. The van der Waals surface area contributed by atoms with Crippen LogP contribution in [0.4, 0.5) is 4.79 Å². The van der Waals surface area contributed by atoms with E-state index in [1.807, 2.05) is 6.07 Å². The lowest BCUT2D eigenvalue weighted by Gasteiger charge is -2.28. The van der Waals surface area contributed by atoms with Gasteiger partial charge in [0.05, 0.1) is 6.21 Å². The molecule has 0 saturated carbocycles. The molecule has 0 aliphatic carbocycles. The van der Waals surface area contributed by atoms with Crippen LogP contribution >= 0.6 is 0 Å². The van der Waals surface area contributed by atoms with E-state index in [1.54, 1.807) is 18.2 Å². The Hall–Kier alpha value is -1.92. The topological polar surface area (TPSA) is 82.4 Å². The normalized spacial score (nSPS) is 18.3. The van der Waals surface area contributed by atoms with Gasteiger partial charge in [-0.2, -0.15) is 10.1 Å². The Kier molecular flexibility index (Phi) is 2.84. The number of fused-ring (bicyclic) bond motifs is 1. The summed E-state index contributed by atoms with van der Waals surface area (Å²) in [5, 5.41) is 22.2. The van der Waals surface area contributed by atoms with Gasteiger partial charge in [-0.1, -0.05) is 24.3 Å². The molecular formula is C10H10N2O4. The number of rotatable bonds is 2. The minimum absolute atomic E-state index is 0.571. The number of ether oxygens (including phenoxy) is 1. The summed E-state index contributed by atoms with van der Waals surface area (Å²) in [6.07, 6.45) is -0.686. The van der Waals surface area contributed by atoms with E-state index >= 15 is 0 Å². The van der Waals surface area contributed by atoms with Crippen LogP contribution in [0.15, 0.2) is 29.4 Å². The fourth-order valence-electron chi connectivity index (χ4n) is 1.55. The molecule has 1 unspecified atom stereocenters. The van der Waals surface area contributed by atoms with Gasteiger partial charge in [-0.15, -0.1) is 0 Å². The molecule has 1 aromatic rings. The van der Waals surface area contributed by atoms with E-state index in [1.165, 1.54) is 6.21 Å². The summed E-state index contributed by atoms with van der Waals surface area (Å²) < 4.78 is 4.97. The van der Waals surface area contributed by atoms with Gasteiger partial charge in [-0.25, -0.2) is 4.79 Å². The van der Waals surface area contributed by atoms with Crippen LogP contribution in [0.2, 0.25) is 0 Å². The first-order chi connectivity index (χ1) is 7.74. The van der Waals surface area contributed by atoms with Crippen molar-refractivity contribution in [2.75, 3.05) is 6.79 Å². The number of nitrogens with zero attached hydrogens (tertiary/aromatic N) is 2. The molecular weight excluding hydrogens is 212 g/mol. The summed E-state index contributed by atoms with van der Waals surface area (Å²) in [4.78, 5) is 10.9. The number of hydrogen-bond acceptors (Lipinski definition) is 4. The monoisotopic (exact) mass is 222 g/mol. The molecule has 0 bridgehead atoms. The number of carboxylic acid groups (broad SMARTS) is 1. The van der Waals surface area contributed by atoms with Gasteiger partial charge in [0.15, 0.2) is 6.23 Å². The third kappa shape index (κ3) is 1.75. The fraction of sp³-hybridized carbons (Fsp3) is 0.200. The second-order valence-electron chi connectivity index (χ2n) is 3.15. The largest absolute Gasteiger partial charge is 0.464 e. The molecule has 1 aromatic carbocycles. The summed E-state index contributed by atoms with van der Waals surface area (Å²) in [5.41, 5.74) is 1.44. The third-order valence-electron chi connectivity index (χ3n) is 2.23. The number of aliphatic hydroxyl groups is 1. The second-order valence-corrected chi connectivity index (χ2v) is 3.15. The molecule has 6 nitrogen and oxygen atoms in total. The third-order valence-corrected chi connectivity index (χ3v) is 2.23. The van der Waals surface area contributed by atoms with E-state index in [9.17, 15) is 4.79 Å². The van der Waals surface area contributed by atoms with Crippen molar-refractivity contribution in [2.24, 2.45) is 5.10 Å². The van der Waals surface area contributed by atoms with Gasteiger partial charge in [-0.05, 0) is 0 Å². The van der Waals surface area contributed by atoms with Crippen molar-refractivity contribution in [1.82, 2.24) is 5.01 Å². The SMILES string of the molecule is O=C(O)N1N=Cc2ccccc2C1OCO. The Morgan fingerprint density at radius 1 is 1.50 bits per heavy atom. The first-order valence-corrected chi connectivity index (χ1v) is 4.61. The van der Waals surface area contributed by atoms with Crippen LogP contribution in [0.1, 0.15) is 17.4 Å². The molecule has 1 atom stereocenters. The van der Waals surface area contributed by atoms with Crippen molar-refractivity contribution < 1.29 is 19.7 Å². The summed E-state index contributed by atoms with van der Waals surface area (Å²) >= 11 is 0. The first-order valence-electron chi connectivity index (χ1n) is 4.61. The van der Waals surface area contributed by atoms with E-state index in [-0.39, 0.29) is 0 Å². The average Bonchev–Trinajstić information content (AvgIpc) is 2.29. The van der Waals surface area contributed by atoms with E-state index < -0.39 is 19.1 Å². The molecule has 1 amide bonds. The molecule has 16 heavy (non-hydrogen) atoms. The molecule has 0 aromatic heterocycles. The number of hydrazone groups is 1. The highest BCUT2D eigenvalue weighted by molar-refractivity contribution is 5.84. The van der Waals surface area contributed by atoms with Gasteiger partial charge < -0.3 is 14.9 Å². The maximum Gasteiger partial charge on any atom is 0.430 e. The van der Waals surface area contributed by atoms with Crippen LogP contribution in [0, 0.1) is 0 Å². The minimum atomic E-state index is -1.23. The highest BCUT2D eigenvalue weighted by Crippen LogP contribution is 2.28. The van der Waals surface area contributed by atoms with Crippen molar-refractivity contribution in [3.63, 3.8) is 0 Å². The molecule has 1 aliphatic heterocycles. The number of carbonyl (C=O) groups is 1. The smallest absolute Gasteiger partial charge is 0.430 e. The molecule has 6 heteroatoms. The van der Waals surface area contributed by atoms with Gasteiger partial charge >= 0.3 is 6.09 Å². The lowest BCUT2D eigenvalue weighted by molar-refractivity contribution is -0.113. The van der Waals surface area contributed by atoms with Gasteiger partial charge in [0.1, 0.15) is 6.79 Å². The van der Waals surface area contributed by atoms with E-state index in [0.717, 1.165) is 10.6 Å². The number of benzene rings is 1. The Labute approximate surface area is 91.4 Å². The molecule has 0 saturated heterocycles. The standard InChI is InChI=1S/C10H10N2O4/c13-6-16-9-8-4-2-1-3-7(8)5-11-12(9)10(14)15/h1-5,9,13H,6H2,(H,14,15). The molecule has 0 fully saturated rings. The summed E-state index contributed by atoms with van der Waals surface area (Å²) in [6, 6.07) is 7.12. The van der Waals surface area contributed by atoms with Gasteiger partial charge in [0.2, 0.25) is 0 Å². The van der Waals surface area contributed by atoms with Crippen LogP contribution in [0.5, 0.6) is 0 Å². The van der Waals surface area contributed by atoms with E-state index in [0.29, 0.717) is 5.56 Å². The van der Waals surface area contributed by atoms with Crippen LogP contribution < -0.4 is 0 Å². The fourth-order valence-corrected chi connectivity index (χ4v) is 1.55. The first kappa shape index (κ1) is 10.6. The van der Waals surface area contributed by atoms with Crippen LogP contribution in [-0.2, 0) is 4.74 Å². The molecule has 0 spiro atoms. The van der Waals surface area contributed by atoms with Crippen molar-refractivity contribution in [3.8, 4) is 0 Å².